The summed E-state index contributed by atoms with van der Waals surface area (Å²) >= 11 is 1.93. The second kappa shape index (κ2) is 5.48. The standard InChI is InChI=1S/C17H21NS/c1-12(18-2)16-10-11-17(19-16)15-9-5-7-13-6-3-4-8-14(13)15/h5,7,9-12,18H,3-4,6,8H2,1-2H3. The van der Waals surface area contributed by atoms with E-state index < -0.39 is 0 Å². The van der Waals surface area contributed by atoms with Crippen molar-refractivity contribution in [3.05, 3.63) is 46.3 Å². The van der Waals surface area contributed by atoms with Crippen LogP contribution in [0.1, 0.15) is 41.8 Å². The number of fused-ring (bicyclic) bond motifs is 1. The van der Waals surface area contributed by atoms with E-state index in [0.29, 0.717) is 6.04 Å². The average Bonchev–Trinajstić information content (AvgIpc) is 2.95. The number of nitrogens with one attached hydrogen (secondary N) is 1. The van der Waals surface area contributed by atoms with Crippen LogP contribution in [-0.4, -0.2) is 7.05 Å². The minimum Gasteiger partial charge on any atom is -0.313 e. The van der Waals surface area contributed by atoms with Crippen molar-refractivity contribution in [3.63, 3.8) is 0 Å². The maximum Gasteiger partial charge on any atom is 0.0383 e. The molecule has 1 aromatic carbocycles. The van der Waals surface area contributed by atoms with Gasteiger partial charge in [-0.25, -0.2) is 0 Å². The highest BCUT2D eigenvalue weighted by Crippen LogP contribution is 2.36. The summed E-state index contributed by atoms with van der Waals surface area (Å²) in [6, 6.07) is 11.8. The van der Waals surface area contributed by atoms with Gasteiger partial charge in [-0.15, -0.1) is 11.3 Å². The zero-order valence-electron chi connectivity index (χ0n) is 11.7. The van der Waals surface area contributed by atoms with Crippen LogP contribution in [0.2, 0.25) is 0 Å². The van der Waals surface area contributed by atoms with E-state index in [1.807, 2.05) is 18.4 Å². The van der Waals surface area contributed by atoms with E-state index in [9.17, 15) is 0 Å². The SMILES string of the molecule is CNC(C)c1ccc(-c2cccc3c2CCCC3)s1. The zero-order valence-corrected chi connectivity index (χ0v) is 12.5. The quantitative estimate of drug-likeness (QED) is 0.862. The lowest BCUT2D eigenvalue weighted by atomic mass is 9.88. The fourth-order valence-electron chi connectivity index (χ4n) is 2.88. The van der Waals surface area contributed by atoms with E-state index in [-0.39, 0.29) is 0 Å². The zero-order chi connectivity index (χ0) is 13.2. The van der Waals surface area contributed by atoms with Crippen molar-refractivity contribution in [1.29, 1.82) is 0 Å². The molecule has 1 N–H and O–H groups in total. The van der Waals surface area contributed by atoms with Crippen LogP contribution in [0.4, 0.5) is 0 Å². The fourth-order valence-corrected chi connectivity index (χ4v) is 4.01. The molecule has 2 aromatic rings. The van der Waals surface area contributed by atoms with Crippen LogP contribution < -0.4 is 5.32 Å². The molecule has 19 heavy (non-hydrogen) atoms. The lowest BCUT2D eigenvalue weighted by Crippen LogP contribution is -2.10. The van der Waals surface area contributed by atoms with E-state index in [2.05, 4.69) is 42.6 Å². The first-order valence-electron chi connectivity index (χ1n) is 7.17. The molecule has 1 atom stereocenters. The Morgan fingerprint density at radius 2 is 1.95 bits per heavy atom. The third kappa shape index (κ3) is 2.47. The summed E-state index contributed by atoms with van der Waals surface area (Å²) in [5, 5.41) is 3.32. The maximum absolute atomic E-state index is 3.32. The first kappa shape index (κ1) is 12.9. The Bertz CT molecular complexity index is 570. The average molecular weight is 271 g/mol. The first-order chi connectivity index (χ1) is 9.29. The largest absolute Gasteiger partial charge is 0.313 e. The highest BCUT2D eigenvalue weighted by Gasteiger charge is 2.15. The van der Waals surface area contributed by atoms with E-state index >= 15 is 0 Å². The number of rotatable bonds is 3. The molecule has 0 bridgehead atoms. The van der Waals surface area contributed by atoms with E-state index in [1.54, 1.807) is 11.1 Å². The molecule has 1 heterocycles. The topological polar surface area (TPSA) is 12.0 Å². The maximum atomic E-state index is 3.32. The monoisotopic (exact) mass is 271 g/mol. The molecule has 100 valence electrons. The second-order valence-electron chi connectivity index (χ2n) is 5.36. The van der Waals surface area contributed by atoms with Crippen LogP contribution in [0, 0.1) is 0 Å². The van der Waals surface area contributed by atoms with Crippen molar-refractivity contribution < 1.29 is 0 Å². The minimum atomic E-state index is 0.443. The number of thiophene rings is 1. The highest BCUT2D eigenvalue weighted by atomic mass is 32.1. The Labute approximate surface area is 119 Å². The Balaban J connectivity index is 2.00. The van der Waals surface area contributed by atoms with Crippen LogP contribution >= 0.6 is 11.3 Å². The summed E-state index contributed by atoms with van der Waals surface area (Å²) in [5.41, 5.74) is 4.64. The summed E-state index contributed by atoms with van der Waals surface area (Å²) in [6.07, 6.45) is 5.20. The molecule has 2 heteroatoms. The van der Waals surface area contributed by atoms with Gasteiger partial charge in [0.25, 0.3) is 0 Å². The first-order valence-corrected chi connectivity index (χ1v) is 7.99. The Hall–Kier alpha value is -1.12. The molecule has 0 saturated heterocycles. The van der Waals surface area contributed by atoms with Crippen molar-refractivity contribution in [1.82, 2.24) is 5.32 Å². The molecule has 1 aliphatic rings. The van der Waals surface area contributed by atoms with Gasteiger partial charge in [-0.1, -0.05) is 18.2 Å². The number of benzene rings is 1. The number of hydrogen-bond acceptors (Lipinski definition) is 2. The number of aryl methyl sites for hydroxylation is 1. The van der Waals surface area contributed by atoms with Crippen LogP contribution in [0.25, 0.3) is 10.4 Å². The third-order valence-electron chi connectivity index (χ3n) is 4.15. The van der Waals surface area contributed by atoms with Gasteiger partial charge in [0.15, 0.2) is 0 Å². The van der Waals surface area contributed by atoms with Gasteiger partial charge in [0.1, 0.15) is 0 Å². The highest BCUT2D eigenvalue weighted by molar-refractivity contribution is 7.15. The van der Waals surface area contributed by atoms with Crippen LogP contribution in [0.15, 0.2) is 30.3 Å². The fraction of sp³-hybridized carbons (Fsp3) is 0.412. The van der Waals surface area contributed by atoms with Gasteiger partial charge in [0, 0.05) is 15.8 Å². The van der Waals surface area contributed by atoms with Crippen molar-refractivity contribution in [2.45, 2.75) is 38.6 Å². The Morgan fingerprint density at radius 1 is 1.11 bits per heavy atom. The van der Waals surface area contributed by atoms with Crippen molar-refractivity contribution in [3.8, 4) is 10.4 Å². The van der Waals surface area contributed by atoms with E-state index in [0.717, 1.165) is 0 Å². The molecular formula is C17H21NS. The van der Waals surface area contributed by atoms with Gasteiger partial charge in [-0.3, -0.25) is 0 Å². The second-order valence-corrected chi connectivity index (χ2v) is 6.48. The van der Waals surface area contributed by atoms with Crippen molar-refractivity contribution in [2.75, 3.05) is 7.05 Å². The molecule has 0 fully saturated rings. The summed E-state index contributed by atoms with van der Waals surface area (Å²) < 4.78 is 0. The smallest absolute Gasteiger partial charge is 0.0383 e. The van der Waals surface area contributed by atoms with Crippen molar-refractivity contribution >= 4 is 11.3 Å². The summed E-state index contributed by atoms with van der Waals surface area (Å²) in [6.45, 7) is 2.22. The van der Waals surface area contributed by atoms with Gasteiger partial charge in [0.05, 0.1) is 0 Å². The van der Waals surface area contributed by atoms with Gasteiger partial charge >= 0.3 is 0 Å². The molecule has 0 radical (unpaired) electrons. The van der Waals surface area contributed by atoms with E-state index in [4.69, 9.17) is 0 Å². The Kier molecular flexibility index (Phi) is 3.72. The minimum absolute atomic E-state index is 0.443. The van der Waals surface area contributed by atoms with Crippen LogP contribution in [-0.2, 0) is 12.8 Å². The molecule has 0 amide bonds. The molecular weight excluding hydrogens is 250 g/mol. The lowest BCUT2D eigenvalue weighted by molar-refractivity contribution is 0.664. The predicted molar refractivity (Wildman–Crippen MR) is 83.9 cm³/mol. The molecule has 0 spiro atoms. The van der Waals surface area contributed by atoms with E-state index in [1.165, 1.54) is 41.0 Å². The van der Waals surface area contributed by atoms with Gasteiger partial charge in [-0.2, -0.15) is 0 Å². The molecule has 1 aromatic heterocycles. The van der Waals surface area contributed by atoms with Gasteiger partial charge in [-0.05, 0) is 68.5 Å². The molecule has 0 aliphatic heterocycles. The summed E-state index contributed by atoms with van der Waals surface area (Å²) in [7, 11) is 2.02. The molecule has 0 saturated carbocycles. The summed E-state index contributed by atoms with van der Waals surface area (Å²) in [4.78, 5) is 2.85. The van der Waals surface area contributed by atoms with Crippen LogP contribution in [0.3, 0.4) is 0 Å². The molecule has 1 nitrogen and oxygen atoms in total. The molecule has 1 unspecified atom stereocenters. The van der Waals surface area contributed by atoms with Crippen LogP contribution in [0.5, 0.6) is 0 Å². The molecule has 1 aliphatic carbocycles. The lowest BCUT2D eigenvalue weighted by Gasteiger charge is -2.18. The third-order valence-corrected chi connectivity index (χ3v) is 5.45. The van der Waals surface area contributed by atoms with Crippen molar-refractivity contribution in [2.24, 2.45) is 0 Å². The predicted octanol–water partition coefficient (Wildman–Crippen LogP) is 4.57. The normalized spacial score (nSPS) is 16.1. The number of hydrogen-bond donors (Lipinski definition) is 1. The van der Waals surface area contributed by atoms with Gasteiger partial charge in [0.2, 0.25) is 0 Å². The summed E-state index contributed by atoms with van der Waals surface area (Å²) in [5.74, 6) is 0. The van der Waals surface area contributed by atoms with Gasteiger partial charge < -0.3 is 5.32 Å². The Morgan fingerprint density at radius 3 is 2.79 bits per heavy atom. The molecule has 3 rings (SSSR count).